The van der Waals surface area contributed by atoms with Crippen LogP contribution >= 0.6 is 0 Å². The largest absolute Gasteiger partial charge is 0.354 e. The molecule has 0 saturated carbocycles. The Balaban J connectivity index is 2.20. The zero-order chi connectivity index (χ0) is 13.0. The maximum atomic E-state index is 13.9. The molecule has 1 aliphatic rings. The molecule has 1 atom stereocenters. The summed E-state index contributed by atoms with van der Waals surface area (Å²) in [5.74, 6) is 0.653. The number of aromatic nitrogens is 2. The maximum absolute atomic E-state index is 13.9. The first-order valence-corrected chi connectivity index (χ1v) is 6.79. The van der Waals surface area contributed by atoms with E-state index in [0.29, 0.717) is 17.8 Å². The van der Waals surface area contributed by atoms with Crippen LogP contribution in [0.5, 0.6) is 0 Å². The Kier molecular flexibility index (Phi) is 4.33. The fraction of sp³-hybridized carbons (Fsp3) is 0.692. The fourth-order valence-electron chi connectivity index (χ4n) is 2.42. The fourth-order valence-corrected chi connectivity index (χ4v) is 2.42. The van der Waals surface area contributed by atoms with E-state index in [-0.39, 0.29) is 5.82 Å². The maximum Gasteiger partial charge on any atom is 0.224 e. The standard InChI is InChI=1S/C13H21FN4/c1-3-7-15-13-16-9-11(14)12(17-13)18-8-5-6-10(18)4-2/h9-10H,3-8H2,1-2H3,(H,15,16,17). The van der Waals surface area contributed by atoms with E-state index < -0.39 is 0 Å². The second-order valence-corrected chi connectivity index (χ2v) is 4.69. The molecule has 0 aromatic carbocycles. The van der Waals surface area contributed by atoms with Crippen molar-refractivity contribution in [3.63, 3.8) is 0 Å². The molecule has 1 saturated heterocycles. The Bertz CT molecular complexity index is 397. The van der Waals surface area contributed by atoms with Crippen LogP contribution in [0, 0.1) is 5.82 Å². The highest BCUT2D eigenvalue weighted by molar-refractivity contribution is 5.45. The molecule has 18 heavy (non-hydrogen) atoms. The van der Waals surface area contributed by atoms with E-state index in [9.17, 15) is 4.39 Å². The van der Waals surface area contributed by atoms with Gasteiger partial charge in [0.1, 0.15) is 0 Å². The summed E-state index contributed by atoms with van der Waals surface area (Å²) in [6.07, 6.45) is 5.53. The number of nitrogens with zero attached hydrogens (tertiary/aromatic N) is 3. The highest BCUT2D eigenvalue weighted by Gasteiger charge is 2.26. The van der Waals surface area contributed by atoms with Crippen LogP contribution in [0.3, 0.4) is 0 Å². The van der Waals surface area contributed by atoms with Crippen molar-refractivity contribution >= 4 is 11.8 Å². The van der Waals surface area contributed by atoms with Crippen molar-refractivity contribution in [3.05, 3.63) is 12.0 Å². The molecule has 2 heterocycles. The summed E-state index contributed by atoms with van der Waals surface area (Å²) >= 11 is 0. The predicted molar refractivity (Wildman–Crippen MR) is 71.4 cm³/mol. The van der Waals surface area contributed by atoms with Gasteiger partial charge in [-0.15, -0.1) is 0 Å². The zero-order valence-electron chi connectivity index (χ0n) is 11.1. The minimum atomic E-state index is -0.322. The first-order valence-electron chi connectivity index (χ1n) is 6.79. The van der Waals surface area contributed by atoms with Crippen LogP contribution in [0.2, 0.25) is 0 Å². The van der Waals surface area contributed by atoms with Crippen molar-refractivity contribution in [3.8, 4) is 0 Å². The second kappa shape index (κ2) is 5.98. The van der Waals surface area contributed by atoms with Crippen molar-refractivity contribution in [1.82, 2.24) is 9.97 Å². The second-order valence-electron chi connectivity index (χ2n) is 4.69. The van der Waals surface area contributed by atoms with Crippen LogP contribution in [0.15, 0.2) is 6.20 Å². The molecule has 4 nitrogen and oxygen atoms in total. The van der Waals surface area contributed by atoms with Crippen LogP contribution in [-0.2, 0) is 0 Å². The van der Waals surface area contributed by atoms with Gasteiger partial charge in [-0.3, -0.25) is 0 Å². The summed E-state index contributed by atoms with van der Waals surface area (Å²) in [5.41, 5.74) is 0. The van der Waals surface area contributed by atoms with Gasteiger partial charge in [0.25, 0.3) is 0 Å². The molecule has 2 rings (SSSR count). The van der Waals surface area contributed by atoms with E-state index in [1.807, 2.05) is 0 Å². The number of hydrogen-bond acceptors (Lipinski definition) is 4. The van der Waals surface area contributed by atoms with E-state index in [4.69, 9.17) is 0 Å². The van der Waals surface area contributed by atoms with Crippen LogP contribution in [0.1, 0.15) is 39.5 Å². The average molecular weight is 252 g/mol. The summed E-state index contributed by atoms with van der Waals surface area (Å²) in [7, 11) is 0. The number of nitrogens with one attached hydrogen (secondary N) is 1. The van der Waals surface area contributed by atoms with E-state index in [2.05, 4.69) is 34.0 Å². The number of anilines is 2. The molecule has 0 radical (unpaired) electrons. The van der Waals surface area contributed by atoms with Crippen LogP contribution < -0.4 is 10.2 Å². The molecule has 1 aliphatic heterocycles. The summed E-state index contributed by atoms with van der Waals surface area (Å²) in [4.78, 5) is 10.4. The highest BCUT2D eigenvalue weighted by atomic mass is 19.1. The lowest BCUT2D eigenvalue weighted by molar-refractivity contribution is 0.583. The van der Waals surface area contributed by atoms with Crippen molar-refractivity contribution in [1.29, 1.82) is 0 Å². The van der Waals surface area contributed by atoms with E-state index in [1.165, 1.54) is 6.20 Å². The van der Waals surface area contributed by atoms with Gasteiger partial charge >= 0.3 is 0 Å². The Labute approximate surface area is 108 Å². The third-order valence-corrected chi connectivity index (χ3v) is 3.38. The van der Waals surface area contributed by atoms with Gasteiger partial charge < -0.3 is 10.2 Å². The highest BCUT2D eigenvalue weighted by Crippen LogP contribution is 2.28. The molecule has 5 heteroatoms. The lowest BCUT2D eigenvalue weighted by atomic mass is 10.2. The van der Waals surface area contributed by atoms with Gasteiger partial charge in [-0.25, -0.2) is 9.37 Å². The average Bonchev–Trinajstić information content (AvgIpc) is 2.86. The molecule has 1 N–H and O–H groups in total. The van der Waals surface area contributed by atoms with Crippen LogP contribution in [0.4, 0.5) is 16.2 Å². The topological polar surface area (TPSA) is 41.1 Å². The number of halogens is 1. The third-order valence-electron chi connectivity index (χ3n) is 3.38. The van der Waals surface area contributed by atoms with Crippen molar-refractivity contribution in [2.75, 3.05) is 23.3 Å². The smallest absolute Gasteiger partial charge is 0.224 e. The van der Waals surface area contributed by atoms with E-state index in [1.54, 1.807) is 0 Å². The number of rotatable bonds is 5. The molecule has 1 unspecified atom stereocenters. The Morgan fingerprint density at radius 3 is 3.06 bits per heavy atom. The van der Waals surface area contributed by atoms with Gasteiger partial charge in [0.05, 0.1) is 6.20 Å². The van der Waals surface area contributed by atoms with E-state index in [0.717, 1.165) is 38.8 Å². The summed E-state index contributed by atoms with van der Waals surface area (Å²) < 4.78 is 13.9. The quantitative estimate of drug-likeness (QED) is 0.875. The minimum absolute atomic E-state index is 0.322. The summed E-state index contributed by atoms with van der Waals surface area (Å²) in [6.45, 7) is 5.91. The van der Waals surface area contributed by atoms with Gasteiger partial charge in [-0.1, -0.05) is 13.8 Å². The summed E-state index contributed by atoms with van der Waals surface area (Å²) in [5, 5.41) is 3.10. The predicted octanol–water partition coefficient (Wildman–Crippen LogP) is 2.82. The Morgan fingerprint density at radius 2 is 2.33 bits per heavy atom. The summed E-state index contributed by atoms with van der Waals surface area (Å²) in [6, 6.07) is 0.411. The van der Waals surface area contributed by atoms with Crippen molar-refractivity contribution in [2.45, 2.75) is 45.6 Å². The molecule has 0 bridgehead atoms. The molecular weight excluding hydrogens is 231 g/mol. The monoisotopic (exact) mass is 252 g/mol. The van der Waals surface area contributed by atoms with Crippen molar-refractivity contribution in [2.24, 2.45) is 0 Å². The number of hydrogen-bond donors (Lipinski definition) is 1. The van der Waals surface area contributed by atoms with Crippen LogP contribution in [-0.4, -0.2) is 29.1 Å². The van der Waals surface area contributed by atoms with Crippen LogP contribution in [0.25, 0.3) is 0 Å². The normalized spacial score (nSPS) is 19.3. The molecule has 1 fully saturated rings. The molecular formula is C13H21FN4. The molecule has 0 spiro atoms. The van der Waals surface area contributed by atoms with Gasteiger partial charge in [0, 0.05) is 19.1 Å². The Hall–Kier alpha value is -1.39. The molecule has 0 amide bonds. The molecule has 100 valence electrons. The lowest BCUT2D eigenvalue weighted by Crippen LogP contribution is -2.30. The SMILES string of the molecule is CCCNc1ncc(F)c(N2CCCC2CC)n1. The first-order chi connectivity index (χ1) is 8.76. The van der Waals surface area contributed by atoms with Gasteiger partial charge in [0.2, 0.25) is 5.95 Å². The molecule has 0 aliphatic carbocycles. The lowest BCUT2D eigenvalue weighted by Gasteiger charge is -2.25. The first kappa shape index (κ1) is 13.1. The van der Waals surface area contributed by atoms with Gasteiger partial charge in [-0.2, -0.15) is 4.98 Å². The molecule has 1 aromatic rings. The van der Waals surface area contributed by atoms with Gasteiger partial charge in [-0.05, 0) is 25.7 Å². The molecule has 1 aromatic heterocycles. The minimum Gasteiger partial charge on any atom is -0.354 e. The van der Waals surface area contributed by atoms with E-state index >= 15 is 0 Å². The van der Waals surface area contributed by atoms with Crippen molar-refractivity contribution < 1.29 is 4.39 Å². The van der Waals surface area contributed by atoms with Gasteiger partial charge in [0.15, 0.2) is 11.6 Å². The third kappa shape index (κ3) is 2.71. The Morgan fingerprint density at radius 1 is 1.50 bits per heavy atom. The zero-order valence-corrected chi connectivity index (χ0v) is 11.1.